The molecule has 4 heteroatoms. The molecule has 116 valence electrons. The number of rotatable bonds is 8. The Labute approximate surface area is 123 Å². The highest BCUT2D eigenvalue weighted by Gasteiger charge is 2.47. The van der Waals surface area contributed by atoms with E-state index in [0.29, 0.717) is 12.0 Å². The van der Waals surface area contributed by atoms with Crippen LogP contribution in [0.1, 0.15) is 52.4 Å². The average Bonchev–Trinajstić information content (AvgIpc) is 3.06. The van der Waals surface area contributed by atoms with Gasteiger partial charge >= 0.3 is 0 Å². The van der Waals surface area contributed by atoms with Crippen LogP contribution in [-0.4, -0.2) is 42.5 Å². The Bertz CT molecular complexity index is 341. The standard InChI is InChI=1S/C16H31N3O/c1-12(2)18-16(15(17)20)9-4-5-14(16)8-10-19(3)11-13-6-7-13/h12-14,18H,4-11H2,1-3H3,(H2,17,20). The summed E-state index contributed by atoms with van der Waals surface area (Å²) < 4.78 is 0. The van der Waals surface area contributed by atoms with Gasteiger partial charge in [0.15, 0.2) is 0 Å². The quantitative estimate of drug-likeness (QED) is 0.712. The summed E-state index contributed by atoms with van der Waals surface area (Å²) in [6.07, 6.45) is 7.00. The van der Waals surface area contributed by atoms with E-state index in [0.717, 1.165) is 38.1 Å². The summed E-state index contributed by atoms with van der Waals surface area (Å²) in [5.74, 6) is 1.17. The first kappa shape index (κ1) is 15.8. The van der Waals surface area contributed by atoms with Crippen molar-refractivity contribution in [2.45, 2.75) is 64.0 Å². The van der Waals surface area contributed by atoms with Gasteiger partial charge in [0.25, 0.3) is 0 Å². The van der Waals surface area contributed by atoms with Gasteiger partial charge in [-0.05, 0) is 71.4 Å². The Morgan fingerprint density at radius 2 is 2.10 bits per heavy atom. The number of carbonyl (C=O) groups excluding carboxylic acids is 1. The van der Waals surface area contributed by atoms with Crippen LogP contribution in [0.4, 0.5) is 0 Å². The van der Waals surface area contributed by atoms with Crippen molar-refractivity contribution in [1.82, 2.24) is 10.2 Å². The second kappa shape index (κ2) is 6.44. The highest BCUT2D eigenvalue weighted by atomic mass is 16.1. The van der Waals surface area contributed by atoms with Crippen LogP contribution in [-0.2, 0) is 4.79 Å². The third-order valence-electron chi connectivity index (χ3n) is 4.93. The molecule has 0 aromatic carbocycles. The number of nitrogens with one attached hydrogen (secondary N) is 1. The van der Waals surface area contributed by atoms with E-state index in [2.05, 4.69) is 31.1 Å². The van der Waals surface area contributed by atoms with Gasteiger partial charge in [-0.1, -0.05) is 6.42 Å². The first-order chi connectivity index (χ1) is 9.44. The number of hydrogen-bond acceptors (Lipinski definition) is 3. The van der Waals surface area contributed by atoms with Gasteiger partial charge in [-0.2, -0.15) is 0 Å². The minimum absolute atomic E-state index is 0.154. The molecule has 0 radical (unpaired) electrons. The van der Waals surface area contributed by atoms with E-state index in [1.807, 2.05) is 0 Å². The lowest BCUT2D eigenvalue weighted by Gasteiger charge is -2.36. The summed E-state index contributed by atoms with van der Waals surface area (Å²) in [7, 11) is 2.20. The number of carbonyl (C=O) groups is 1. The number of primary amides is 1. The van der Waals surface area contributed by atoms with E-state index >= 15 is 0 Å². The summed E-state index contributed by atoms with van der Waals surface area (Å²) >= 11 is 0. The third kappa shape index (κ3) is 3.73. The molecule has 0 aromatic rings. The third-order valence-corrected chi connectivity index (χ3v) is 4.93. The minimum Gasteiger partial charge on any atom is -0.368 e. The molecule has 2 aliphatic carbocycles. The van der Waals surface area contributed by atoms with Crippen LogP contribution in [0.3, 0.4) is 0 Å². The fourth-order valence-corrected chi connectivity index (χ4v) is 3.78. The van der Waals surface area contributed by atoms with Crippen molar-refractivity contribution < 1.29 is 4.79 Å². The fraction of sp³-hybridized carbons (Fsp3) is 0.938. The Morgan fingerprint density at radius 1 is 1.40 bits per heavy atom. The van der Waals surface area contributed by atoms with Gasteiger partial charge in [-0.25, -0.2) is 0 Å². The smallest absolute Gasteiger partial charge is 0.238 e. The SMILES string of the molecule is CC(C)NC1(C(N)=O)CCCC1CCN(C)CC1CC1. The van der Waals surface area contributed by atoms with E-state index in [1.165, 1.54) is 19.4 Å². The van der Waals surface area contributed by atoms with E-state index in [1.54, 1.807) is 0 Å². The first-order valence-corrected chi connectivity index (χ1v) is 8.20. The van der Waals surface area contributed by atoms with Gasteiger partial charge in [0.2, 0.25) is 5.91 Å². The zero-order valence-electron chi connectivity index (χ0n) is 13.3. The summed E-state index contributed by atoms with van der Waals surface area (Å²) in [5, 5.41) is 3.49. The molecule has 2 unspecified atom stereocenters. The number of nitrogens with two attached hydrogens (primary N) is 1. The van der Waals surface area contributed by atoms with Crippen LogP contribution in [0.2, 0.25) is 0 Å². The Kier molecular flexibility index (Phi) is 5.08. The maximum Gasteiger partial charge on any atom is 0.238 e. The van der Waals surface area contributed by atoms with Gasteiger partial charge in [0.05, 0.1) is 0 Å². The molecule has 2 aliphatic rings. The number of hydrogen-bond donors (Lipinski definition) is 2. The largest absolute Gasteiger partial charge is 0.368 e. The molecule has 2 rings (SSSR count). The highest BCUT2D eigenvalue weighted by Crippen LogP contribution is 2.38. The summed E-state index contributed by atoms with van der Waals surface area (Å²) in [5.41, 5.74) is 5.29. The van der Waals surface area contributed by atoms with Crippen molar-refractivity contribution in [3.05, 3.63) is 0 Å². The monoisotopic (exact) mass is 281 g/mol. The molecule has 2 atom stereocenters. The molecule has 2 fully saturated rings. The molecular weight excluding hydrogens is 250 g/mol. The van der Waals surface area contributed by atoms with Crippen molar-refractivity contribution >= 4 is 5.91 Å². The minimum atomic E-state index is -0.464. The summed E-state index contributed by atoms with van der Waals surface area (Å²) in [6.45, 7) is 6.49. The lowest BCUT2D eigenvalue weighted by Crippen LogP contribution is -2.60. The van der Waals surface area contributed by atoms with Gasteiger partial charge in [-0.3, -0.25) is 4.79 Å². The molecule has 0 heterocycles. The zero-order valence-corrected chi connectivity index (χ0v) is 13.3. The molecular formula is C16H31N3O. The van der Waals surface area contributed by atoms with Crippen LogP contribution >= 0.6 is 0 Å². The maximum atomic E-state index is 12.0. The van der Waals surface area contributed by atoms with Crippen LogP contribution in [0.25, 0.3) is 0 Å². The highest BCUT2D eigenvalue weighted by molar-refractivity contribution is 5.85. The molecule has 3 N–H and O–H groups in total. The Balaban J connectivity index is 1.91. The second-order valence-corrected chi connectivity index (χ2v) is 7.22. The second-order valence-electron chi connectivity index (χ2n) is 7.22. The normalized spacial score (nSPS) is 30.4. The topological polar surface area (TPSA) is 58.4 Å². The predicted octanol–water partition coefficient (Wildman–Crippen LogP) is 1.74. The average molecular weight is 281 g/mol. The van der Waals surface area contributed by atoms with E-state index in [-0.39, 0.29) is 5.91 Å². The summed E-state index contributed by atoms with van der Waals surface area (Å²) in [4.78, 5) is 14.5. The number of nitrogens with zero attached hydrogens (tertiary/aromatic N) is 1. The van der Waals surface area contributed by atoms with Crippen molar-refractivity contribution in [3.63, 3.8) is 0 Å². The molecule has 0 spiro atoms. The van der Waals surface area contributed by atoms with Crippen LogP contribution in [0.5, 0.6) is 0 Å². The van der Waals surface area contributed by atoms with Crippen LogP contribution < -0.4 is 11.1 Å². The molecule has 20 heavy (non-hydrogen) atoms. The molecule has 0 aromatic heterocycles. The molecule has 0 aliphatic heterocycles. The molecule has 0 bridgehead atoms. The molecule has 1 amide bonds. The summed E-state index contributed by atoms with van der Waals surface area (Å²) in [6, 6.07) is 0.298. The van der Waals surface area contributed by atoms with Gasteiger partial charge in [0, 0.05) is 12.6 Å². The van der Waals surface area contributed by atoms with E-state index in [9.17, 15) is 4.79 Å². The van der Waals surface area contributed by atoms with Crippen molar-refractivity contribution in [2.75, 3.05) is 20.1 Å². The Morgan fingerprint density at radius 3 is 2.65 bits per heavy atom. The Hall–Kier alpha value is -0.610. The van der Waals surface area contributed by atoms with E-state index < -0.39 is 5.54 Å². The van der Waals surface area contributed by atoms with E-state index in [4.69, 9.17) is 5.73 Å². The van der Waals surface area contributed by atoms with Crippen LogP contribution in [0.15, 0.2) is 0 Å². The molecule has 2 saturated carbocycles. The lowest BCUT2D eigenvalue weighted by molar-refractivity contribution is -0.126. The van der Waals surface area contributed by atoms with Crippen molar-refractivity contribution in [1.29, 1.82) is 0 Å². The molecule has 0 saturated heterocycles. The number of amides is 1. The first-order valence-electron chi connectivity index (χ1n) is 8.20. The lowest BCUT2D eigenvalue weighted by atomic mass is 9.83. The van der Waals surface area contributed by atoms with Crippen LogP contribution in [0, 0.1) is 11.8 Å². The van der Waals surface area contributed by atoms with Gasteiger partial charge < -0.3 is 16.0 Å². The zero-order chi connectivity index (χ0) is 14.8. The van der Waals surface area contributed by atoms with Gasteiger partial charge in [0.1, 0.15) is 5.54 Å². The fourth-order valence-electron chi connectivity index (χ4n) is 3.78. The maximum absolute atomic E-state index is 12.0. The molecule has 4 nitrogen and oxygen atoms in total. The van der Waals surface area contributed by atoms with Gasteiger partial charge in [-0.15, -0.1) is 0 Å². The van der Waals surface area contributed by atoms with Crippen molar-refractivity contribution in [2.24, 2.45) is 17.6 Å². The van der Waals surface area contributed by atoms with Crippen molar-refractivity contribution in [3.8, 4) is 0 Å². The predicted molar refractivity (Wildman–Crippen MR) is 82.4 cm³/mol.